The van der Waals surface area contributed by atoms with Crippen molar-refractivity contribution in [2.24, 2.45) is 5.92 Å². The molecule has 0 saturated heterocycles. The molecule has 3 N–H and O–H groups in total. The van der Waals surface area contributed by atoms with E-state index in [9.17, 15) is 19.8 Å². The van der Waals surface area contributed by atoms with Gasteiger partial charge in [-0.2, -0.15) is 0 Å². The van der Waals surface area contributed by atoms with Gasteiger partial charge in [0.1, 0.15) is 0 Å². The number of aliphatic carboxylic acids is 1. The number of nitrogens with zero attached hydrogens (tertiary/aromatic N) is 1. The summed E-state index contributed by atoms with van der Waals surface area (Å²) in [5, 5.41) is 21.0. The molecule has 8 heteroatoms. The number of benzene rings is 2. The van der Waals surface area contributed by atoms with Gasteiger partial charge in [0, 0.05) is 23.2 Å². The number of hydrogen-bond acceptors (Lipinski definition) is 6. The van der Waals surface area contributed by atoms with Crippen molar-refractivity contribution in [1.29, 1.82) is 0 Å². The van der Waals surface area contributed by atoms with Crippen LogP contribution in [0.2, 0.25) is 0 Å². The fraction of sp³-hybridized carbons (Fsp3) is 0.433. The molecule has 1 heterocycles. The van der Waals surface area contributed by atoms with Gasteiger partial charge in [-0.1, -0.05) is 49.6 Å². The van der Waals surface area contributed by atoms with Crippen LogP contribution in [0.25, 0.3) is 11.1 Å². The number of carbonyl (C=O) groups is 2. The second kappa shape index (κ2) is 13.6. The molecule has 202 valence electrons. The van der Waals surface area contributed by atoms with Crippen molar-refractivity contribution < 1.29 is 24.5 Å². The molecular weight excluding hydrogens is 500 g/mol. The zero-order valence-electron chi connectivity index (χ0n) is 21.8. The Kier molecular flexibility index (Phi) is 10.0. The number of nitrogens with one attached hydrogen (secondary N) is 1. The highest BCUT2D eigenvalue weighted by Gasteiger charge is 2.26. The molecular formula is C30H36N2O5S. The van der Waals surface area contributed by atoms with E-state index in [1.807, 2.05) is 55.0 Å². The standard InChI is InChI=1S/C30H36N2O5S/c1-20-7-5-6-10-23(20)26-15-21(11-12-25(26)29(34)32-27(17-33)30(35)36)18-37-14-13-24(28-16-31-19-38-28)22-8-3-2-4-9-22/h5-7,10-12,15-16,19,22,24,27,33H,2-4,8-9,13-14,17-18H2,1H3,(H,32,34)(H,35,36)/t24?,27-/m0/s1. The molecule has 0 bridgehead atoms. The Balaban J connectivity index is 1.47. The first-order valence-electron chi connectivity index (χ1n) is 13.3. The predicted octanol–water partition coefficient (Wildman–Crippen LogP) is 5.56. The zero-order valence-corrected chi connectivity index (χ0v) is 22.6. The van der Waals surface area contributed by atoms with Crippen molar-refractivity contribution in [2.45, 2.75) is 64.0 Å². The molecule has 4 rings (SSSR count). The van der Waals surface area contributed by atoms with Gasteiger partial charge in [0.25, 0.3) is 5.91 Å². The molecule has 1 unspecified atom stereocenters. The van der Waals surface area contributed by atoms with Crippen LogP contribution in [-0.2, 0) is 16.1 Å². The van der Waals surface area contributed by atoms with E-state index in [1.54, 1.807) is 17.4 Å². The normalized spacial score (nSPS) is 15.6. The largest absolute Gasteiger partial charge is 0.480 e. The maximum absolute atomic E-state index is 13.0. The van der Waals surface area contributed by atoms with Crippen molar-refractivity contribution >= 4 is 23.2 Å². The molecule has 1 aliphatic carbocycles. The second-order valence-electron chi connectivity index (χ2n) is 9.99. The minimum absolute atomic E-state index is 0.352. The van der Waals surface area contributed by atoms with Crippen LogP contribution in [0, 0.1) is 12.8 Å². The van der Waals surface area contributed by atoms with Crippen molar-refractivity contribution in [3.05, 3.63) is 75.7 Å². The molecule has 0 spiro atoms. The van der Waals surface area contributed by atoms with Gasteiger partial charge in [0.15, 0.2) is 6.04 Å². The summed E-state index contributed by atoms with van der Waals surface area (Å²) in [6.45, 7) is 2.34. The maximum atomic E-state index is 13.0. The van der Waals surface area contributed by atoms with Gasteiger partial charge in [-0.15, -0.1) is 11.3 Å². The predicted molar refractivity (Wildman–Crippen MR) is 148 cm³/mol. The molecule has 38 heavy (non-hydrogen) atoms. The number of aryl methyl sites for hydroxylation is 1. The highest BCUT2D eigenvalue weighted by atomic mass is 32.1. The summed E-state index contributed by atoms with van der Waals surface area (Å²) in [6.07, 6.45) is 9.43. The molecule has 1 aromatic heterocycles. The van der Waals surface area contributed by atoms with Crippen LogP contribution in [0.4, 0.5) is 0 Å². The summed E-state index contributed by atoms with van der Waals surface area (Å²) in [5.41, 5.74) is 5.78. The lowest BCUT2D eigenvalue weighted by atomic mass is 9.78. The molecule has 3 aromatic rings. The van der Waals surface area contributed by atoms with Crippen LogP contribution < -0.4 is 5.32 Å². The van der Waals surface area contributed by atoms with Gasteiger partial charge in [-0.05, 0) is 72.4 Å². The number of aliphatic hydroxyl groups is 1. The topological polar surface area (TPSA) is 109 Å². The molecule has 2 aromatic carbocycles. The number of amides is 1. The Bertz CT molecular complexity index is 1210. The van der Waals surface area contributed by atoms with E-state index in [4.69, 9.17) is 4.74 Å². The number of thiazole rings is 1. The number of aromatic nitrogens is 1. The number of carbonyl (C=O) groups excluding carboxylic acids is 1. The monoisotopic (exact) mass is 536 g/mol. The summed E-state index contributed by atoms with van der Waals surface area (Å²) in [5.74, 6) is -0.665. The number of carboxylic acids is 1. The Morgan fingerprint density at radius 3 is 2.61 bits per heavy atom. The number of aliphatic hydroxyl groups excluding tert-OH is 1. The maximum Gasteiger partial charge on any atom is 0.328 e. The molecule has 1 aliphatic rings. The average Bonchev–Trinajstić information content (AvgIpc) is 3.47. The third-order valence-electron chi connectivity index (χ3n) is 7.43. The highest BCUT2D eigenvalue weighted by Crippen LogP contribution is 2.39. The van der Waals surface area contributed by atoms with Crippen LogP contribution in [-0.4, -0.2) is 46.3 Å². The van der Waals surface area contributed by atoms with Crippen molar-refractivity contribution in [2.75, 3.05) is 13.2 Å². The number of ether oxygens (including phenoxy) is 1. The summed E-state index contributed by atoms with van der Waals surface area (Å²) in [4.78, 5) is 30.0. The lowest BCUT2D eigenvalue weighted by molar-refractivity contribution is -0.140. The molecule has 2 atom stereocenters. The van der Waals surface area contributed by atoms with Crippen LogP contribution in [0.15, 0.2) is 54.2 Å². The van der Waals surface area contributed by atoms with E-state index in [0.29, 0.717) is 36.2 Å². The molecule has 0 aliphatic heterocycles. The summed E-state index contributed by atoms with van der Waals surface area (Å²) in [6, 6.07) is 11.9. The average molecular weight is 537 g/mol. The third-order valence-corrected chi connectivity index (χ3v) is 8.33. The highest BCUT2D eigenvalue weighted by molar-refractivity contribution is 7.09. The van der Waals surface area contributed by atoms with Gasteiger partial charge in [0.05, 0.1) is 18.7 Å². The van der Waals surface area contributed by atoms with E-state index in [2.05, 4.69) is 10.3 Å². The summed E-state index contributed by atoms with van der Waals surface area (Å²) >= 11 is 1.73. The number of rotatable bonds is 12. The zero-order chi connectivity index (χ0) is 26.9. The fourth-order valence-corrected chi connectivity index (χ4v) is 6.20. The van der Waals surface area contributed by atoms with Crippen molar-refractivity contribution in [3.63, 3.8) is 0 Å². The molecule has 1 amide bonds. The fourth-order valence-electron chi connectivity index (χ4n) is 5.35. The molecule has 7 nitrogen and oxygen atoms in total. The van der Waals surface area contributed by atoms with Crippen LogP contribution in [0.5, 0.6) is 0 Å². The minimum atomic E-state index is -1.37. The van der Waals surface area contributed by atoms with E-state index in [0.717, 1.165) is 23.1 Å². The summed E-state index contributed by atoms with van der Waals surface area (Å²) < 4.78 is 6.15. The molecule has 0 radical (unpaired) electrons. The minimum Gasteiger partial charge on any atom is -0.480 e. The third kappa shape index (κ3) is 7.07. The lowest BCUT2D eigenvalue weighted by Crippen LogP contribution is -2.43. The smallest absolute Gasteiger partial charge is 0.328 e. The Labute approximate surface area is 227 Å². The first-order chi connectivity index (χ1) is 18.5. The van der Waals surface area contributed by atoms with Gasteiger partial charge in [-0.25, -0.2) is 4.79 Å². The Hall–Kier alpha value is -3.07. The van der Waals surface area contributed by atoms with Gasteiger partial charge >= 0.3 is 5.97 Å². The van der Waals surface area contributed by atoms with E-state index in [1.165, 1.54) is 37.0 Å². The molecule has 1 fully saturated rings. The van der Waals surface area contributed by atoms with Crippen molar-refractivity contribution in [3.8, 4) is 11.1 Å². The van der Waals surface area contributed by atoms with Crippen LogP contribution in [0.1, 0.15) is 70.8 Å². The SMILES string of the molecule is Cc1ccccc1-c1cc(COCCC(c2cncs2)C2CCCCC2)ccc1C(=O)N[C@@H](CO)C(=O)O. The van der Waals surface area contributed by atoms with Gasteiger partial charge in [-0.3, -0.25) is 9.78 Å². The summed E-state index contributed by atoms with van der Waals surface area (Å²) in [7, 11) is 0. The van der Waals surface area contributed by atoms with Crippen LogP contribution in [0.3, 0.4) is 0 Å². The number of hydrogen-bond donors (Lipinski definition) is 3. The van der Waals surface area contributed by atoms with Gasteiger partial charge in [0.2, 0.25) is 0 Å². The molecule has 1 saturated carbocycles. The quantitative estimate of drug-likeness (QED) is 0.261. The van der Waals surface area contributed by atoms with E-state index in [-0.39, 0.29) is 0 Å². The van der Waals surface area contributed by atoms with Gasteiger partial charge < -0.3 is 20.3 Å². The Morgan fingerprint density at radius 1 is 1.13 bits per heavy atom. The van der Waals surface area contributed by atoms with E-state index < -0.39 is 24.5 Å². The van der Waals surface area contributed by atoms with Crippen LogP contribution >= 0.6 is 11.3 Å². The first kappa shape index (κ1) is 28.0. The Morgan fingerprint density at radius 2 is 1.92 bits per heavy atom. The second-order valence-corrected chi connectivity index (χ2v) is 10.9. The van der Waals surface area contributed by atoms with Crippen molar-refractivity contribution in [1.82, 2.24) is 10.3 Å². The van der Waals surface area contributed by atoms with E-state index >= 15 is 0 Å². The first-order valence-corrected chi connectivity index (χ1v) is 14.2. The lowest BCUT2D eigenvalue weighted by Gasteiger charge is -2.29. The number of carboxylic acid groups (broad SMARTS) is 1.